The van der Waals surface area contributed by atoms with E-state index in [4.69, 9.17) is 0 Å². The Morgan fingerprint density at radius 2 is 0.917 bits per heavy atom. The molecular weight excluding hydrogens is 396 g/mol. The quantitative estimate of drug-likeness (QED) is 0.240. The molecule has 0 amide bonds. The first-order chi connectivity index (χ1) is 9.16. The summed E-state index contributed by atoms with van der Waals surface area (Å²) in [4.78, 5) is 0. The second kappa shape index (κ2) is 7.97. The Kier molecular flexibility index (Phi) is 9.70. The zero-order valence-corrected chi connectivity index (χ0v) is 13.7. The zero-order chi connectivity index (χ0) is 18.4. The number of sulfonamides is 2. The molecule has 0 atom stereocenters. The van der Waals surface area contributed by atoms with Gasteiger partial charge in [0, 0.05) is 6.92 Å². The van der Waals surface area contributed by atoms with E-state index in [9.17, 15) is 52.0 Å². The van der Waals surface area contributed by atoms with Crippen molar-refractivity contribution in [2.45, 2.75) is 29.6 Å². The normalized spacial score (nSPS) is 14.6. The van der Waals surface area contributed by atoms with Gasteiger partial charge in [0.1, 0.15) is 0 Å². The molecule has 0 heterocycles. The Bertz CT molecular complexity index is 580. The molecule has 0 rings (SSSR count). The van der Waals surface area contributed by atoms with Crippen molar-refractivity contribution >= 4 is 20.0 Å². The van der Waals surface area contributed by atoms with Gasteiger partial charge in [-0.1, -0.05) is 0 Å². The summed E-state index contributed by atoms with van der Waals surface area (Å²) in [6.07, 6.45) is 0. The summed E-state index contributed by atoms with van der Waals surface area (Å²) in [5.74, 6) is -9.53. The summed E-state index contributed by atoms with van der Waals surface area (Å²) < 4.78 is 141. The van der Waals surface area contributed by atoms with Crippen LogP contribution >= 0.6 is 0 Å². The molecule has 0 spiro atoms. The Hall–Kier alpha value is 0.415. The maximum atomic E-state index is 13.1. The van der Waals surface area contributed by atoms with Crippen molar-refractivity contribution in [2.24, 2.45) is 5.73 Å². The van der Waals surface area contributed by atoms with Gasteiger partial charge in [0.2, 0.25) is 5.79 Å². The van der Waals surface area contributed by atoms with E-state index in [1.807, 2.05) is 0 Å². The topological polar surface area (TPSA) is 118 Å². The van der Waals surface area contributed by atoms with Gasteiger partial charge in [0.05, 0.1) is 0 Å². The van der Waals surface area contributed by atoms with Crippen LogP contribution < -0.4 is 52.9 Å². The second-order valence-corrected chi connectivity index (χ2v) is 7.15. The van der Waals surface area contributed by atoms with Gasteiger partial charge in [-0.15, -0.1) is 0 Å². The van der Waals surface area contributed by atoms with Crippen LogP contribution in [0.4, 0.5) is 35.1 Å². The van der Waals surface area contributed by atoms with E-state index in [1.54, 1.807) is 0 Å². The molecule has 0 unspecified atom stereocenters. The minimum absolute atomic E-state index is 0. The van der Waals surface area contributed by atoms with Crippen LogP contribution in [0.3, 0.4) is 0 Å². The number of hydrogen-bond acceptors (Lipinski definition) is 5. The van der Waals surface area contributed by atoms with E-state index >= 15 is 0 Å². The van der Waals surface area contributed by atoms with Crippen molar-refractivity contribution in [1.82, 2.24) is 9.44 Å². The largest absolute Gasteiger partial charge is 1.00 e. The van der Waals surface area contributed by atoms with Gasteiger partial charge >= 0.3 is 68.8 Å². The van der Waals surface area contributed by atoms with Gasteiger partial charge < -0.3 is 0 Å². The average molecular weight is 403 g/mol. The predicted molar refractivity (Wildman–Crippen MR) is 53.8 cm³/mol. The summed E-state index contributed by atoms with van der Waals surface area (Å²) in [5, 5.41) is 0. The first-order valence-electron chi connectivity index (χ1n) is 4.53. The molecule has 4 N–H and O–H groups in total. The average Bonchev–Trinajstić information content (AvgIpc) is 2.08. The van der Waals surface area contributed by atoms with Crippen molar-refractivity contribution in [3.63, 3.8) is 0 Å². The molecule has 0 aromatic carbocycles. The fourth-order valence-corrected chi connectivity index (χ4v) is 2.34. The SMILES string of the molecule is CC(F)(F)C(N)(NS(=O)(=O)C(F)(F)F)NS(=O)(=O)C(F)(F)F.[Li+].[Li+]. The molecule has 7 nitrogen and oxygen atoms in total. The summed E-state index contributed by atoms with van der Waals surface area (Å²) in [5.41, 5.74) is -8.08. The molecule has 0 aromatic rings. The molecular formula is C5H7F8Li2N3O4S2+2. The van der Waals surface area contributed by atoms with E-state index in [0.717, 1.165) is 0 Å². The Labute approximate surface area is 154 Å². The number of hydrogen-bond donors (Lipinski definition) is 3. The molecule has 0 aromatic heterocycles. The first kappa shape index (κ1) is 29.2. The molecule has 0 saturated heterocycles. The molecule has 0 aliphatic rings. The van der Waals surface area contributed by atoms with Gasteiger partial charge in [0.15, 0.2) is 0 Å². The number of nitrogens with two attached hydrogens (primary N) is 1. The summed E-state index contributed by atoms with van der Waals surface area (Å²) in [6, 6.07) is 0. The van der Waals surface area contributed by atoms with Gasteiger partial charge in [-0.25, -0.2) is 25.6 Å². The van der Waals surface area contributed by atoms with E-state index in [0.29, 0.717) is 0 Å². The predicted octanol–water partition coefficient (Wildman–Crippen LogP) is -5.86. The van der Waals surface area contributed by atoms with Crippen molar-refractivity contribution in [3.05, 3.63) is 0 Å². The smallest absolute Gasteiger partial charge is 0.294 e. The van der Waals surface area contributed by atoms with Crippen LogP contribution in [0.25, 0.3) is 0 Å². The van der Waals surface area contributed by atoms with Gasteiger partial charge in [-0.3, -0.25) is 5.73 Å². The van der Waals surface area contributed by atoms with Gasteiger partial charge in [0.25, 0.3) is 5.92 Å². The van der Waals surface area contributed by atoms with Crippen molar-refractivity contribution < 1.29 is 89.7 Å². The van der Waals surface area contributed by atoms with Crippen LogP contribution in [0.1, 0.15) is 6.92 Å². The van der Waals surface area contributed by atoms with Crippen LogP contribution in [-0.4, -0.2) is 39.6 Å². The van der Waals surface area contributed by atoms with Gasteiger partial charge in [-0.2, -0.15) is 35.8 Å². The molecule has 0 radical (unpaired) electrons. The molecule has 0 fully saturated rings. The van der Waals surface area contributed by atoms with Crippen LogP contribution in [0.15, 0.2) is 0 Å². The monoisotopic (exact) mass is 403 g/mol. The number of rotatable bonds is 5. The maximum Gasteiger partial charge on any atom is 1.00 e. The zero-order valence-electron chi connectivity index (χ0n) is 12.1. The molecule has 19 heteroatoms. The van der Waals surface area contributed by atoms with Crippen molar-refractivity contribution in [1.29, 1.82) is 0 Å². The summed E-state index contributed by atoms with van der Waals surface area (Å²) in [6.45, 7) is -0.412. The minimum Gasteiger partial charge on any atom is -0.294 e. The fourth-order valence-electron chi connectivity index (χ4n) is 0.740. The minimum atomic E-state index is -6.71. The summed E-state index contributed by atoms with van der Waals surface area (Å²) in [7, 11) is -13.4. The Morgan fingerprint density at radius 3 is 1.04 bits per heavy atom. The van der Waals surface area contributed by atoms with E-state index in [-0.39, 0.29) is 47.2 Å². The number of halogens is 8. The second-order valence-electron chi connectivity index (χ2n) is 3.80. The third kappa shape index (κ3) is 6.62. The van der Waals surface area contributed by atoms with Crippen molar-refractivity contribution in [2.75, 3.05) is 0 Å². The molecule has 0 aliphatic heterocycles. The van der Waals surface area contributed by atoms with E-state index < -0.39 is 49.7 Å². The molecule has 0 saturated carbocycles. The molecule has 134 valence electrons. The summed E-state index contributed by atoms with van der Waals surface area (Å²) >= 11 is 0. The molecule has 24 heavy (non-hydrogen) atoms. The Balaban J connectivity index is -0.00000220. The number of nitrogens with one attached hydrogen (secondary N) is 2. The van der Waals surface area contributed by atoms with E-state index in [1.165, 1.54) is 0 Å². The third-order valence-corrected chi connectivity index (χ3v) is 4.29. The van der Waals surface area contributed by atoms with Gasteiger partial charge in [-0.05, 0) is 0 Å². The van der Waals surface area contributed by atoms with Crippen LogP contribution in [0.5, 0.6) is 0 Å². The van der Waals surface area contributed by atoms with E-state index in [2.05, 4.69) is 5.73 Å². The standard InChI is InChI=1S/C5H7F8N3O4S2.2Li/c1-2(6,7)3(14,15-21(17,18)4(8,9)10)16-22(19,20)5(11,12)13;;/h15-16H,14H2,1H3;;/q;2*+1. The Morgan fingerprint density at radius 1 is 0.708 bits per heavy atom. The number of alkyl halides is 8. The first-order valence-corrected chi connectivity index (χ1v) is 7.50. The molecule has 0 aliphatic carbocycles. The fraction of sp³-hybridized carbons (Fsp3) is 1.00. The maximum absolute atomic E-state index is 13.1. The van der Waals surface area contributed by atoms with Crippen LogP contribution in [0, 0.1) is 0 Å². The van der Waals surface area contributed by atoms with Crippen LogP contribution in [-0.2, 0) is 20.0 Å². The third-order valence-electron chi connectivity index (χ3n) is 1.89. The van der Waals surface area contributed by atoms with Crippen molar-refractivity contribution in [3.8, 4) is 0 Å². The molecule has 0 bridgehead atoms. The van der Waals surface area contributed by atoms with Crippen LogP contribution in [0.2, 0.25) is 0 Å².